The highest BCUT2D eigenvalue weighted by atomic mass is 19.2. The molecule has 0 spiro atoms. The van der Waals surface area contributed by atoms with Gasteiger partial charge in [-0.2, -0.15) is 0 Å². The molecular formula is C29H45F3O4. The molecular weight excluding hydrogens is 469 g/mol. The van der Waals surface area contributed by atoms with Crippen molar-refractivity contribution >= 4 is 11.9 Å². The third-order valence-corrected chi connectivity index (χ3v) is 6.29. The van der Waals surface area contributed by atoms with E-state index in [0.29, 0.717) is 12.7 Å². The molecule has 36 heavy (non-hydrogen) atoms. The van der Waals surface area contributed by atoms with E-state index in [9.17, 15) is 22.8 Å². The lowest BCUT2D eigenvalue weighted by Crippen LogP contribution is -2.10. The van der Waals surface area contributed by atoms with Gasteiger partial charge in [-0.05, 0) is 25.0 Å². The summed E-state index contributed by atoms with van der Waals surface area (Å²) in [6, 6.07) is 1.44. The minimum Gasteiger partial charge on any atom is -0.466 e. The van der Waals surface area contributed by atoms with Crippen LogP contribution in [0.1, 0.15) is 128 Å². The molecule has 0 aliphatic heterocycles. The van der Waals surface area contributed by atoms with Crippen molar-refractivity contribution in [1.29, 1.82) is 0 Å². The number of benzene rings is 1. The molecule has 0 radical (unpaired) electrons. The fourth-order valence-corrected chi connectivity index (χ4v) is 4.03. The normalized spacial score (nSPS) is 11.0. The lowest BCUT2D eigenvalue weighted by molar-refractivity contribution is -0.146. The fourth-order valence-electron chi connectivity index (χ4n) is 4.03. The first kappa shape index (κ1) is 32.0. The lowest BCUT2D eigenvalue weighted by Gasteiger charge is -2.08. The van der Waals surface area contributed by atoms with Crippen LogP contribution in [0, 0.1) is 17.5 Å². The van der Waals surface area contributed by atoms with E-state index in [-0.39, 0.29) is 25.2 Å². The van der Waals surface area contributed by atoms with Crippen LogP contribution in [-0.2, 0) is 25.7 Å². The second kappa shape index (κ2) is 21.1. The summed E-state index contributed by atoms with van der Waals surface area (Å²) in [5, 5.41) is 0. The molecule has 0 heterocycles. The van der Waals surface area contributed by atoms with Gasteiger partial charge in [0.2, 0.25) is 0 Å². The van der Waals surface area contributed by atoms with Gasteiger partial charge in [0.05, 0.1) is 12.2 Å². The Kier molecular flexibility index (Phi) is 18.7. The fraction of sp³-hybridized carbons (Fsp3) is 0.724. The average molecular weight is 515 g/mol. The highest BCUT2D eigenvalue weighted by Gasteiger charge is 2.16. The molecule has 1 aromatic rings. The number of carbonyl (C=O) groups excluding carboxylic acids is 2. The maximum atomic E-state index is 13.5. The highest BCUT2D eigenvalue weighted by Crippen LogP contribution is 2.17. The predicted molar refractivity (Wildman–Crippen MR) is 136 cm³/mol. The molecule has 0 amide bonds. The van der Waals surface area contributed by atoms with Crippen LogP contribution in [0.4, 0.5) is 13.2 Å². The highest BCUT2D eigenvalue weighted by molar-refractivity contribution is 5.72. The van der Waals surface area contributed by atoms with E-state index in [4.69, 9.17) is 9.47 Å². The topological polar surface area (TPSA) is 52.6 Å². The molecule has 0 aliphatic carbocycles. The van der Waals surface area contributed by atoms with Crippen LogP contribution < -0.4 is 0 Å². The van der Waals surface area contributed by atoms with Crippen molar-refractivity contribution in [2.24, 2.45) is 0 Å². The molecule has 0 unspecified atom stereocenters. The van der Waals surface area contributed by atoms with Crippen molar-refractivity contribution in [2.75, 3.05) is 6.61 Å². The summed E-state index contributed by atoms with van der Waals surface area (Å²) >= 11 is 0. The average Bonchev–Trinajstić information content (AvgIpc) is 2.86. The maximum Gasteiger partial charge on any atom is 0.306 e. The van der Waals surface area contributed by atoms with E-state index in [0.717, 1.165) is 25.3 Å². The van der Waals surface area contributed by atoms with Crippen molar-refractivity contribution in [3.8, 4) is 0 Å². The first-order chi connectivity index (χ1) is 17.5. The standard InChI is InChI=1S/C29H45F3O4/c1-2-3-4-5-6-7-8-9-10-11-12-13-14-15-16-22-35-27(33)18-17-19-28(34)36-23-24-25(30)20-21-26(31)29(24)32/h20-21H,2-19,22-23H2,1H3. The van der Waals surface area contributed by atoms with E-state index in [1.165, 1.54) is 77.0 Å². The third kappa shape index (κ3) is 15.8. The van der Waals surface area contributed by atoms with E-state index < -0.39 is 35.6 Å². The molecule has 4 nitrogen and oxygen atoms in total. The summed E-state index contributed by atoms with van der Waals surface area (Å²) in [5.74, 6) is -4.66. The lowest BCUT2D eigenvalue weighted by atomic mass is 10.0. The van der Waals surface area contributed by atoms with Crippen LogP contribution >= 0.6 is 0 Å². The minimum absolute atomic E-state index is 0.0660. The van der Waals surface area contributed by atoms with Crippen LogP contribution in [0.15, 0.2) is 12.1 Å². The smallest absolute Gasteiger partial charge is 0.306 e. The van der Waals surface area contributed by atoms with E-state index in [1.807, 2.05) is 0 Å². The molecule has 0 aromatic heterocycles. The predicted octanol–water partition coefficient (Wildman–Crippen LogP) is 8.73. The van der Waals surface area contributed by atoms with Crippen molar-refractivity contribution in [1.82, 2.24) is 0 Å². The number of carbonyl (C=O) groups is 2. The molecule has 0 N–H and O–H groups in total. The van der Waals surface area contributed by atoms with Crippen LogP contribution in [0.25, 0.3) is 0 Å². The molecule has 206 valence electrons. The van der Waals surface area contributed by atoms with E-state index in [1.54, 1.807) is 0 Å². The zero-order valence-electron chi connectivity index (χ0n) is 22.1. The van der Waals surface area contributed by atoms with Gasteiger partial charge in [0.15, 0.2) is 11.6 Å². The molecule has 1 rings (SSSR count). The van der Waals surface area contributed by atoms with Gasteiger partial charge in [-0.1, -0.05) is 96.8 Å². The maximum absolute atomic E-state index is 13.5. The number of ether oxygens (including phenoxy) is 2. The van der Waals surface area contributed by atoms with Gasteiger partial charge < -0.3 is 9.47 Å². The summed E-state index contributed by atoms with van der Waals surface area (Å²) in [4.78, 5) is 23.5. The largest absolute Gasteiger partial charge is 0.466 e. The Balaban J connectivity index is 1.90. The zero-order valence-corrected chi connectivity index (χ0v) is 22.1. The Hall–Kier alpha value is -2.05. The quantitative estimate of drug-likeness (QED) is 0.0882. The van der Waals surface area contributed by atoms with Crippen LogP contribution in [0.3, 0.4) is 0 Å². The summed E-state index contributed by atoms with van der Waals surface area (Å²) < 4.78 is 50.2. The Labute approximate surface area is 215 Å². The molecule has 0 bridgehead atoms. The number of rotatable bonds is 22. The number of hydrogen-bond donors (Lipinski definition) is 0. The third-order valence-electron chi connectivity index (χ3n) is 6.29. The van der Waals surface area contributed by atoms with Gasteiger partial charge in [0, 0.05) is 12.8 Å². The van der Waals surface area contributed by atoms with Gasteiger partial charge in [-0.3, -0.25) is 9.59 Å². The monoisotopic (exact) mass is 514 g/mol. The van der Waals surface area contributed by atoms with Crippen molar-refractivity contribution in [2.45, 2.75) is 129 Å². The van der Waals surface area contributed by atoms with Crippen LogP contribution in [0.2, 0.25) is 0 Å². The SMILES string of the molecule is CCCCCCCCCCCCCCCCCOC(=O)CCCC(=O)OCc1c(F)ccc(F)c1F. The number of hydrogen-bond acceptors (Lipinski definition) is 4. The summed E-state index contributed by atoms with van der Waals surface area (Å²) in [5.41, 5.74) is -0.633. The summed E-state index contributed by atoms with van der Waals surface area (Å²) in [6.07, 6.45) is 19.3. The van der Waals surface area contributed by atoms with Crippen LogP contribution in [-0.4, -0.2) is 18.5 Å². The number of esters is 2. The van der Waals surface area contributed by atoms with Gasteiger partial charge in [0.25, 0.3) is 0 Å². The number of halogens is 3. The van der Waals surface area contributed by atoms with E-state index >= 15 is 0 Å². The second-order valence-electron chi connectivity index (χ2n) is 9.51. The zero-order chi connectivity index (χ0) is 26.4. The first-order valence-corrected chi connectivity index (χ1v) is 13.9. The van der Waals surface area contributed by atoms with Gasteiger partial charge >= 0.3 is 11.9 Å². The van der Waals surface area contributed by atoms with Gasteiger partial charge in [-0.15, -0.1) is 0 Å². The second-order valence-corrected chi connectivity index (χ2v) is 9.51. The van der Waals surface area contributed by atoms with Gasteiger partial charge in [0.1, 0.15) is 12.4 Å². The minimum atomic E-state index is -1.37. The Morgan fingerprint density at radius 3 is 1.58 bits per heavy atom. The Morgan fingerprint density at radius 1 is 0.611 bits per heavy atom. The van der Waals surface area contributed by atoms with E-state index in [2.05, 4.69) is 6.92 Å². The molecule has 0 saturated carbocycles. The molecule has 0 saturated heterocycles. The number of unbranched alkanes of at least 4 members (excludes halogenated alkanes) is 14. The molecule has 0 aliphatic rings. The van der Waals surface area contributed by atoms with Crippen LogP contribution in [0.5, 0.6) is 0 Å². The Morgan fingerprint density at radius 2 is 1.06 bits per heavy atom. The molecule has 1 aromatic carbocycles. The molecule has 0 atom stereocenters. The molecule has 7 heteroatoms. The van der Waals surface area contributed by atoms with Crippen molar-refractivity contribution in [3.63, 3.8) is 0 Å². The van der Waals surface area contributed by atoms with Crippen molar-refractivity contribution in [3.05, 3.63) is 35.1 Å². The summed E-state index contributed by atoms with van der Waals surface area (Å²) in [6.45, 7) is 1.93. The van der Waals surface area contributed by atoms with Gasteiger partial charge in [-0.25, -0.2) is 13.2 Å². The Bertz CT molecular complexity index is 739. The first-order valence-electron chi connectivity index (χ1n) is 13.9. The molecule has 0 fully saturated rings. The summed E-state index contributed by atoms with van der Waals surface area (Å²) in [7, 11) is 0. The van der Waals surface area contributed by atoms with Crippen molar-refractivity contribution < 1.29 is 32.2 Å².